The molecule has 5 nitrogen and oxygen atoms in total. The van der Waals surface area contributed by atoms with Crippen molar-refractivity contribution in [1.82, 2.24) is 4.90 Å². The zero-order chi connectivity index (χ0) is 13.0. The highest BCUT2D eigenvalue weighted by Crippen LogP contribution is 2.22. The van der Waals surface area contributed by atoms with Crippen molar-refractivity contribution in [1.29, 1.82) is 5.26 Å². The summed E-state index contributed by atoms with van der Waals surface area (Å²) >= 11 is 1.34. The molecule has 2 heterocycles. The van der Waals surface area contributed by atoms with Crippen molar-refractivity contribution in [3.8, 4) is 6.07 Å². The first-order valence-electron chi connectivity index (χ1n) is 5.87. The Bertz CT molecular complexity index is 466. The molecular formula is C12H15N3O2S. The first-order chi connectivity index (χ1) is 8.74. The number of carbonyl (C=O) groups excluding carboxylic acids is 1. The molecule has 1 aliphatic heterocycles. The van der Waals surface area contributed by atoms with Gasteiger partial charge in [-0.3, -0.25) is 9.69 Å². The van der Waals surface area contributed by atoms with E-state index < -0.39 is 0 Å². The number of nitrogens with one attached hydrogen (secondary N) is 1. The fraction of sp³-hybridized carbons (Fsp3) is 0.500. The number of carbonyl (C=O) groups is 1. The van der Waals surface area contributed by atoms with Gasteiger partial charge in [0, 0.05) is 6.04 Å². The van der Waals surface area contributed by atoms with E-state index >= 15 is 0 Å². The molecule has 6 heteroatoms. The molecule has 1 saturated heterocycles. The number of amides is 1. The molecule has 1 aromatic rings. The van der Waals surface area contributed by atoms with Gasteiger partial charge in [0.15, 0.2) is 0 Å². The number of anilines is 1. The summed E-state index contributed by atoms with van der Waals surface area (Å²) in [6.45, 7) is 1.21. The van der Waals surface area contributed by atoms with Gasteiger partial charge in [-0.15, -0.1) is 11.3 Å². The zero-order valence-electron chi connectivity index (χ0n) is 9.93. The minimum Gasteiger partial charge on any atom is -0.395 e. The summed E-state index contributed by atoms with van der Waals surface area (Å²) in [6.07, 6.45) is 1.95. The lowest BCUT2D eigenvalue weighted by molar-refractivity contribution is -0.117. The summed E-state index contributed by atoms with van der Waals surface area (Å²) in [7, 11) is 0. The molecular weight excluding hydrogens is 250 g/mol. The largest absolute Gasteiger partial charge is 0.395 e. The Morgan fingerprint density at radius 3 is 3.28 bits per heavy atom. The maximum Gasteiger partial charge on any atom is 0.239 e. The van der Waals surface area contributed by atoms with Crippen LogP contribution in [-0.4, -0.2) is 41.7 Å². The van der Waals surface area contributed by atoms with E-state index in [2.05, 4.69) is 5.32 Å². The minimum absolute atomic E-state index is 0.0922. The van der Waals surface area contributed by atoms with E-state index in [4.69, 9.17) is 5.26 Å². The fourth-order valence-corrected chi connectivity index (χ4v) is 2.91. The molecule has 1 aromatic heterocycles. The molecule has 96 valence electrons. The summed E-state index contributed by atoms with van der Waals surface area (Å²) < 4.78 is 0. The van der Waals surface area contributed by atoms with Crippen LogP contribution in [0, 0.1) is 11.3 Å². The third-order valence-electron chi connectivity index (χ3n) is 3.10. The lowest BCUT2D eigenvalue weighted by Gasteiger charge is -2.21. The second-order valence-corrected chi connectivity index (χ2v) is 5.19. The van der Waals surface area contributed by atoms with Crippen LogP contribution < -0.4 is 5.32 Å². The average Bonchev–Trinajstić information content (AvgIpc) is 2.97. The van der Waals surface area contributed by atoms with Gasteiger partial charge in [0.05, 0.1) is 18.7 Å². The molecule has 0 aliphatic carbocycles. The lowest BCUT2D eigenvalue weighted by atomic mass is 10.2. The standard InChI is InChI=1S/C12H15N3O2S/c13-6-9-3-5-18-12(9)14-11(17)7-15-4-1-2-10(15)8-16/h3,5,10,16H,1-2,4,7-8H2,(H,14,17)/t10-/m0/s1. The second-order valence-electron chi connectivity index (χ2n) is 4.27. The zero-order valence-corrected chi connectivity index (χ0v) is 10.7. The van der Waals surface area contributed by atoms with E-state index in [1.165, 1.54) is 11.3 Å². The Labute approximate surface area is 110 Å². The molecule has 0 radical (unpaired) electrons. The monoisotopic (exact) mass is 265 g/mol. The van der Waals surface area contributed by atoms with Gasteiger partial charge in [-0.2, -0.15) is 5.26 Å². The van der Waals surface area contributed by atoms with E-state index in [0.29, 0.717) is 10.6 Å². The number of aliphatic hydroxyl groups excluding tert-OH is 1. The highest BCUT2D eigenvalue weighted by Gasteiger charge is 2.25. The van der Waals surface area contributed by atoms with Crippen molar-refractivity contribution < 1.29 is 9.90 Å². The number of rotatable bonds is 4. The maximum absolute atomic E-state index is 11.9. The lowest BCUT2D eigenvalue weighted by Crippen LogP contribution is -2.38. The van der Waals surface area contributed by atoms with Crippen molar-refractivity contribution >= 4 is 22.2 Å². The molecule has 0 unspecified atom stereocenters. The molecule has 0 bridgehead atoms. The quantitative estimate of drug-likeness (QED) is 0.852. The number of nitriles is 1. The number of likely N-dealkylation sites (tertiary alicyclic amines) is 1. The molecule has 0 aromatic carbocycles. The summed E-state index contributed by atoms with van der Waals surface area (Å²) in [5.41, 5.74) is 0.494. The number of thiophene rings is 1. The summed E-state index contributed by atoms with van der Waals surface area (Å²) in [5.74, 6) is -0.130. The predicted molar refractivity (Wildman–Crippen MR) is 69.3 cm³/mol. The minimum atomic E-state index is -0.130. The van der Waals surface area contributed by atoms with Crippen LogP contribution >= 0.6 is 11.3 Å². The van der Waals surface area contributed by atoms with E-state index in [1.54, 1.807) is 11.4 Å². The Kier molecular flexibility index (Phi) is 4.31. The first kappa shape index (κ1) is 13.0. The number of hydrogen-bond acceptors (Lipinski definition) is 5. The number of aliphatic hydroxyl groups is 1. The van der Waals surface area contributed by atoms with Crippen molar-refractivity contribution in [3.63, 3.8) is 0 Å². The van der Waals surface area contributed by atoms with Crippen molar-refractivity contribution in [2.45, 2.75) is 18.9 Å². The highest BCUT2D eigenvalue weighted by atomic mass is 32.1. The predicted octanol–water partition coefficient (Wildman–Crippen LogP) is 1.01. The van der Waals surface area contributed by atoms with Crippen LogP contribution in [0.25, 0.3) is 0 Å². The molecule has 0 saturated carbocycles. The molecule has 1 aliphatic rings. The molecule has 1 atom stereocenters. The summed E-state index contributed by atoms with van der Waals surface area (Å²) in [6, 6.07) is 3.82. The molecule has 0 spiro atoms. The van der Waals surface area contributed by atoms with Crippen LogP contribution in [0.5, 0.6) is 0 Å². The summed E-state index contributed by atoms with van der Waals surface area (Å²) in [5, 5.41) is 23.1. The third kappa shape index (κ3) is 2.88. The Morgan fingerprint density at radius 1 is 1.72 bits per heavy atom. The first-order valence-corrected chi connectivity index (χ1v) is 6.75. The van der Waals surface area contributed by atoms with Crippen LogP contribution in [0.3, 0.4) is 0 Å². The van der Waals surface area contributed by atoms with Crippen molar-refractivity contribution in [3.05, 3.63) is 17.0 Å². The van der Waals surface area contributed by atoms with Gasteiger partial charge in [0.1, 0.15) is 11.1 Å². The average molecular weight is 265 g/mol. The molecule has 1 fully saturated rings. The van der Waals surface area contributed by atoms with Crippen molar-refractivity contribution in [2.75, 3.05) is 25.0 Å². The van der Waals surface area contributed by atoms with Crippen molar-refractivity contribution in [2.24, 2.45) is 0 Å². The van der Waals surface area contributed by atoms with E-state index in [0.717, 1.165) is 19.4 Å². The smallest absolute Gasteiger partial charge is 0.239 e. The topological polar surface area (TPSA) is 76.4 Å². The second kappa shape index (κ2) is 5.96. The van der Waals surface area contributed by atoms with E-state index in [-0.39, 0.29) is 25.1 Å². The normalized spacial score (nSPS) is 19.7. The van der Waals surface area contributed by atoms with Crippen LogP contribution in [0.4, 0.5) is 5.00 Å². The van der Waals surface area contributed by atoms with Crippen LogP contribution in [0.2, 0.25) is 0 Å². The molecule has 1 amide bonds. The van der Waals surface area contributed by atoms with Crippen LogP contribution in [0.15, 0.2) is 11.4 Å². The molecule has 18 heavy (non-hydrogen) atoms. The fourth-order valence-electron chi connectivity index (χ4n) is 2.15. The Morgan fingerprint density at radius 2 is 2.56 bits per heavy atom. The van der Waals surface area contributed by atoms with Crippen LogP contribution in [0.1, 0.15) is 18.4 Å². The number of nitrogens with zero attached hydrogens (tertiary/aromatic N) is 2. The SMILES string of the molecule is N#Cc1ccsc1NC(=O)CN1CCC[C@H]1CO. The Hall–Kier alpha value is -1.42. The van der Waals surface area contributed by atoms with Gasteiger partial charge in [0.2, 0.25) is 5.91 Å². The van der Waals surface area contributed by atoms with Gasteiger partial charge in [-0.05, 0) is 30.8 Å². The third-order valence-corrected chi connectivity index (χ3v) is 3.92. The van der Waals surface area contributed by atoms with Gasteiger partial charge in [-0.1, -0.05) is 0 Å². The highest BCUT2D eigenvalue weighted by molar-refractivity contribution is 7.14. The van der Waals surface area contributed by atoms with Gasteiger partial charge < -0.3 is 10.4 Å². The number of hydrogen-bond donors (Lipinski definition) is 2. The Balaban J connectivity index is 1.91. The van der Waals surface area contributed by atoms with Gasteiger partial charge in [-0.25, -0.2) is 0 Å². The van der Waals surface area contributed by atoms with E-state index in [1.807, 2.05) is 11.0 Å². The molecule has 2 N–H and O–H groups in total. The summed E-state index contributed by atoms with van der Waals surface area (Å²) in [4.78, 5) is 13.8. The van der Waals surface area contributed by atoms with Crippen LogP contribution in [-0.2, 0) is 4.79 Å². The van der Waals surface area contributed by atoms with Gasteiger partial charge >= 0.3 is 0 Å². The molecule has 2 rings (SSSR count). The van der Waals surface area contributed by atoms with E-state index in [9.17, 15) is 9.90 Å². The van der Waals surface area contributed by atoms with Gasteiger partial charge in [0.25, 0.3) is 0 Å². The maximum atomic E-state index is 11.9.